The van der Waals surface area contributed by atoms with Crippen LogP contribution in [0, 0.1) is 17.0 Å². The van der Waals surface area contributed by atoms with Crippen molar-refractivity contribution in [3.05, 3.63) is 33.9 Å². The molecule has 1 aliphatic rings. The van der Waals surface area contributed by atoms with E-state index in [1.807, 2.05) is 15.9 Å². The molecule has 0 spiro atoms. The number of carboxylic acid groups (broad SMARTS) is 1. The number of hydrogen-bond donors (Lipinski definition) is 1. The Labute approximate surface area is 116 Å². The molecule has 0 aromatic heterocycles. The highest BCUT2D eigenvalue weighted by Crippen LogP contribution is 2.25. The summed E-state index contributed by atoms with van der Waals surface area (Å²) < 4.78 is 0. The van der Waals surface area contributed by atoms with Gasteiger partial charge in [-0.05, 0) is 13.0 Å². The van der Waals surface area contributed by atoms with Gasteiger partial charge in [0, 0.05) is 43.5 Å². The van der Waals surface area contributed by atoms with E-state index in [9.17, 15) is 14.9 Å². The SMILES string of the molecule is Cc1ccc(N2CCN(CC(=O)O)CC2)cc1[N+](=O)[O-]. The zero-order chi connectivity index (χ0) is 14.7. The minimum atomic E-state index is -0.829. The summed E-state index contributed by atoms with van der Waals surface area (Å²) >= 11 is 0. The second kappa shape index (κ2) is 5.87. The Hall–Kier alpha value is -2.15. The fourth-order valence-electron chi connectivity index (χ4n) is 2.35. The van der Waals surface area contributed by atoms with Gasteiger partial charge in [0.25, 0.3) is 5.69 Å². The van der Waals surface area contributed by atoms with Crippen LogP contribution in [0.4, 0.5) is 11.4 Å². The first kappa shape index (κ1) is 14.3. The normalized spacial score (nSPS) is 16.1. The number of rotatable bonds is 4. The lowest BCUT2D eigenvalue weighted by Crippen LogP contribution is -2.48. The van der Waals surface area contributed by atoms with Crippen molar-refractivity contribution in [1.82, 2.24) is 4.90 Å². The second-order valence-electron chi connectivity index (χ2n) is 4.88. The maximum atomic E-state index is 10.9. The Morgan fingerprint density at radius 3 is 2.55 bits per heavy atom. The summed E-state index contributed by atoms with van der Waals surface area (Å²) in [4.78, 5) is 25.1. The van der Waals surface area contributed by atoms with E-state index in [4.69, 9.17) is 5.11 Å². The molecule has 0 bridgehead atoms. The first-order valence-electron chi connectivity index (χ1n) is 6.41. The third-order valence-corrected chi connectivity index (χ3v) is 3.49. The van der Waals surface area contributed by atoms with Crippen molar-refractivity contribution >= 4 is 17.3 Å². The summed E-state index contributed by atoms with van der Waals surface area (Å²) in [5.74, 6) is -0.829. The lowest BCUT2D eigenvalue weighted by molar-refractivity contribution is -0.385. The number of nitro benzene ring substituents is 1. The smallest absolute Gasteiger partial charge is 0.317 e. The maximum absolute atomic E-state index is 10.9. The van der Waals surface area contributed by atoms with Gasteiger partial charge in [0.2, 0.25) is 0 Å². The molecule has 20 heavy (non-hydrogen) atoms. The molecule has 1 aromatic carbocycles. The molecule has 0 atom stereocenters. The van der Waals surface area contributed by atoms with E-state index in [-0.39, 0.29) is 17.2 Å². The highest BCUT2D eigenvalue weighted by Gasteiger charge is 2.20. The van der Waals surface area contributed by atoms with Crippen LogP contribution in [0.25, 0.3) is 0 Å². The van der Waals surface area contributed by atoms with Crippen molar-refractivity contribution < 1.29 is 14.8 Å². The van der Waals surface area contributed by atoms with Crippen molar-refractivity contribution in [1.29, 1.82) is 0 Å². The molecular weight excluding hydrogens is 262 g/mol. The van der Waals surface area contributed by atoms with Crippen LogP contribution in [0.3, 0.4) is 0 Å². The number of nitrogens with zero attached hydrogens (tertiary/aromatic N) is 3. The molecule has 108 valence electrons. The predicted octanol–water partition coefficient (Wildman–Crippen LogP) is 1.11. The molecule has 0 unspecified atom stereocenters. The Kier molecular flexibility index (Phi) is 4.19. The van der Waals surface area contributed by atoms with Crippen LogP contribution in [0.15, 0.2) is 18.2 Å². The number of benzene rings is 1. The summed E-state index contributed by atoms with van der Waals surface area (Å²) in [5, 5.41) is 19.7. The van der Waals surface area contributed by atoms with Crippen molar-refractivity contribution in [3.8, 4) is 0 Å². The number of carbonyl (C=O) groups is 1. The summed E-state index contributed by atoms with van der Waals surface area (Å²) in [7, 11) is 0. The van der Waals surface area contributed by atoms with Gasteiger partial charge in [-0.25, -0.2) is 0 Å². The molecule has 7 nitrogen and oxygen atoms in total. The number of piperazine rings is 1. The molecule has 1 fully saturated rings. The van der Waals surface area contributed by atoms with Gasteiger partial charge in [-0.3, -0.25) is 19.8 Å². The molecule has 0 saturated carbocycles. The minimum absolute atomic E-state index is 0.0435. The van der Waals surface area contributed by atoms with Gasteiger partial charge < -0.3 is 10.0 Å². The third-order valence-electron chi connectivity index (χ3n) is 3.49. The largest absolute Gasteiger partial charge is 0.480 e. The van der Waals surface area contributed by atoms with Gasteiger partial charge in [-0.2, -0.15) is 0 Å². The van der Waals surface area contributed by atoms with Crippen LogP contribution in [0.1, 0.15) is 5.56 Å². The van der Waals surface area contributed by atoms with E-state index in [2.05, 4.69) is 0 Å². The van der Waals surface area contributed by atoms with Gasteiger partial charge in [0.05, 0.1) is 11.5 Å². The van der Waals surface area contributed by atoms with Crippen LogP contribution >= 0.6 is 0 Å². The lowest BCUT2D eigenvalue weighted by Gasteiger charge is -2.35. The number of anilines is 1. The Morgan fingerprint density at radius 2 is 2.00 bits per heavy atom. The molecule has 1 N–H and O–H groups in total. The van der Waals surface area contributed by atoms with Crippen LogP contribution < -0.4 is 4.90 Å². The van der Waals surface area contributed by atoms with Crippen LogP contribution in [0.2, 0.25) is 0 Å². The van der Waals surface area contributed by atoms with Crippen LogP contribution in [-0.2, 0) is 4.79 Å². The van der Waals surface area contributed by atoms with Gasteiger partial charge in [0.15, 0.2) is 0 Å². The molecule has 1 aliphatic heterocycles. The van der Waals surface area contributed by atoms with E-state index < -0.39 is 5.97 Å². The first-order chi connectivity index (χ1) is 9.47. The van der Waals surface area contributed by atoms with Crippen molar-refractivity contribution in [2.45, 2.75) is 6.92 Å². The van der Waals surface area contributed by atoms with Crippen molar-refractivity contribution in [3.63, 3.8) is 0 Å². The summed E-state index contributed by atoms with van der Waals surface area (Å²) in [6.07, 6.45) is 0. The summed E-state index contributed by atoms with van der Waals surface area (Å²) in [5.41, 5.74) is 1.58. The second-order valence-corrected chi connectivity index (χ2v) is 4.88. The Morgan fingerprint density at radius 1 is 1.35 bits per heavy atom. The molecule has 7 heteroatoms. The molecule has 1 saturated heterocycles. The van der Waals surface area contributed by atoms with E-state index in [1.165, 1.54) is 0 Å². The average Bonchev–Trinajstić information content (AvgIpc) is 2.39. The number of aryl methyl sites for hydroxylation is 1. The van der Waals surface area contributed by atoms with Crippen molar-refractivity contribution in [2.75, 3.05) is 37.6 Å². The van der Waals surface area contributed by atoms with Crippen LogP contribution in [-0.4, -0.2) is 53.6 Å². The molecular formula is C13H17N3O4. The molecule has 1 heterocycles. The number of aliphatic carboxylic acids is 1. The van der Waals surface area contributed by atoms with Crippen molar-refractivity contribution in [2.24, 2.45) is 0 Å². The Bertz CT molecular complexity index is 524. The molecule has 2 rings (SSSR count). The first-order valence-corrected chi connectivity index (χ1v) is 6.41. The van der Waals surface area contributed by atoms with E-state index >= 15 is 0 Å². The van der Waals surface area contributed by atoms with Crippen LogP contribution in [0.5, 0.6) is 0 Å². The number of hydrogen-bond acceptors (Lipinski definition) is 5. The maximum Gasteiger partial charge on any atom is 0.317 e. The minimum Gasteiger partial charge on any atom is -0.480 e. The van der Waals surface area contributed by atoms with E-state index in [0.717, 1.165) is 5.69 Å². The average molecular weight is 279 g/mol. The lowest BCUT2D eigenvalue weighted by atomic mass is 10.1. The Balaban J connectivity index is 2.05. The standard InChI is InChI=1S/C13H17N3O4/c1-10-2-3-11(8-12(10)16(19)20)15-6-4-14(5-7-15)9-13(17)18/h2-3,8H,4-7,9H2,1H3,(H,17,18). The monoisotopic (exact) mass is 279 g/mol. The fourth-order valence-corrected chi connectivity index (χ4v) is 2.35. The highest BCUT2D eigenvalue weighted by molar-refractivity contribution is 5.69. The van der Waals surface area contributed by atoms with E-state index in [1.54, 1.807) is 19.1 Å². The molecule has 1 aromatic rings. The van der Waals surface area contributed by atoms with Gasteiger partial charge in [-0.1, -0.05) is 6.07 Å². The van der Waals surface area contributed by atoms with Gasteiger partial charge >= 0.3 is 5.97 Å². The molecule has 0 radical (unpaired) electrons. The summed E-state index contributed by atoms with van der Waals surface area (Å²) in [6, 6.07) is 5.20. The third kappa shape index (κ3) is 3.24. The fraction of sp³-hybridized carbons (Fsp3) is 0.462. The number of nitro groups is 1. The summed E-state index contributed by atoms with van der Waals surface area (Å²) in [6.45, 7) is 4.40. The zero-order valence-corrected chi connectivity index (χ0v) is 11.3. The molecule has 0 amide bonds. The predicted molar refractivity (Wildman–Crippen MR) is 74.1 cm³/mol. The number of carboxylic acids is 1. The highest BCUT2D eigenvalue weighted by atomic mass is 16.6. The van der Waals surface area contributed by atoms with Gasteiger partial charge in [-0.15, -0.1) is 0 Å². The van der Waals surface area contributed by atoms with E-state index in [0.29, 0.717) is 31.7 Å². The molecule has 0 aliphatic carbocycles. The zero-order valence-electron chi connectivity index (χ0n) is 11.3. The quantitative estimate of drug-likeness (QED) is 0.656. The topological polar surface area (TPSA) is 86.9 Å². The van der Waals surface area contributed by atoms with Gasteiger partial charge in [0.1, 0.15) is 0 Å².